The summed E-state index contributed by atoms with van der Waals surface area (Å²) in [5.41, 5.74) is 5.75. The molecule has 1 aromatic carbocycles. The second-order valence-corrected chi connectivity index (χ2v) is 8.61. The van der Waals surface area contributed by atoms with Gasteiger partial charge >= 0.3 is 0 Å². The van der Waals surface area contributed by atoms with Crippen LogP contribution in [0, 0.1) is 27.7 Å². The second kappa shape index (κ2) is 7.49. The van der Waals surface area contributed by atoms with Crippen molar-refractivity contribution in [2.75, 3.05) is 26.2 Å². The summed E-state index contributed by atoms with van der Waals surface area (Å²) in [5, 5.41) is 0.951. The number of carbonyl (C=O) groups is 1. The van der Waals surface area contributed by atoms with Crippen molar-refractivity contribution in [3.05, 3.63) is 39.4 Å². The number of benzene rings is 1. The minimum Gasteiger partial charge on any atom is -0.335 e. The zero-order valence-corrected chi connectivity index (χ0v) is 17.5. The van der Waals surface area contributed by atoms with Crippen molar-refractivity contribution >= 4 is 17.2 Å². The Hall–Kier alpha value is -1.72. The number of rotatable bonds is 3. The summed E-state index contributed by atoms with van der Waals surface area (Å²) < 4.78 is 0. The van der Waals surface area contributed by atoms with Gasteiger partial charge in [0.2, 0.25) is 0 Å². The molecule has 0 radical (unpaired) electrons. The average molecular weight is 372 g/mol. The molecule has 0 saturated carbocycles. The highest BCUT2D eigenvalue weighted by Crippen LogP contribution is 2.32. The topological polar surface area (TPSA) is 36.4 Å². The predicted molar refractivity (Wildman–Crippen MR) is 109 cm³/mol. The van der Waals surface area contributed by atoms with Crippen molar-refractivity contribution in [1.29, 1.82) is 0 Å². The van der Waals surface area contributed by atoms with Crippen molar-refractivity contribution in [1.82, 2.24) is 14.8 Å². The van der Waals surface area contributed by atoms with E-state index in [2.05, 4.69) is 51.7 Å². The second-order valence-electron chi connectivity index (χ2n) is 7.61. The molecule has 1 aromatic heterocycles. The molecule has 1 amide bonds. The number of aromatic nitrogens is 1. The van der Waals surface area contributed by atoms with Crippen LogP contribution in [0.5, 0.6) is 0 Å². The molecule has 0 bridgehead atoms. The van der Waals surface area contributed by atoms with E-state index in [0.29, 0.717) is 6.04 Å². The van der Waals surface area contributed by atoms with Gasteiger partial charge in [-0.25, -0.2) is 4.98 Å². The predicted octanol–water partition coefficient (Wildman–Crippen LogP) is 4.21. The number of amides is 1. The molecule has 2 heterocycles. The van der Waals surface area contributed by atoms with Crippen molar-refractivity contribution in [2.24, 2.45) is 0 Å². The largest absolute Gasteiger partial charge is 0.335 e. The number of nitrogens with zero attached hydrogens (tertiary/aromatic N) is 3. The lowest BCUT2D eigenvalue weighted by atomic mass is 10.0. The fraction of sp³-hybridized carbons (Fsp3) is 0.524. The van der Waals surface area contributed by atoms with Gasteiger partial charge in [-0.15, -0.1) is 11.3 Å². The molecule has 0 spiro atoms. The van der Waals surface area contributed by atoms with Crippen LogP contribution in [-0.2, 0) is 0 Å². The molecule has 0 aliphatic carbocycles. The summed E-state index contributed by atoms with van der Waals surface area (Å²) >= 11 is 1.53. The molecule has 1 fully saturated rings. The van der Waals surface area contributed by atoms with Gasteiger partial charge in [-0.2, -0.15) is 0 Å². The van der Waals surface area contributed by atoms with Crippen molar-refractivity contribution in [2.45, 2.75) is 47.6 Å². The molecule has 5 heteroatoms. The Labute approximate surface area is 160 Å². The van der Waals surface area contributed by atoms with Crippen molar-refractivity contribution < 1.29 is 4.79 Å². The van der Waals surface area contributed by atoms with Gasteiger partial charge in [-0.3, -0.25) is 9.69 Å². The van der Waals surface area contributed by atoms with Crippen LogP contribution in [0.4, 0.5) is 0 Å². The van der Waals surface area contributed by atoms with Gasteiger partial charge in [0.1, 0.15) is 9.88 Å². The first-order chi connectivity index (χ1) is 12.3. The van der Waals surface area contributed by atoms with E-state index in [1.165, 1.54) is 28.0 Å². The van der Waals surface area contributed by atoms with Crippen LogP contribution in [-0.4, -0.2) is 52.9 Å². The number of hydrogen-bond donors (Lipinski definition) is 0. The standard InChI is InChI=1S/C21H29N3OS/c1-13(2)23-7-9-24(10-8-23)21(25)19-17(6)22-20(26-19)18-12-15(4)14(3)11-16(18)5/h11-13H,7-10H2,1-6H3. The van der Waals surface area contributed by atoms with Gasteiger partial charge in [0.15, 0.2) is 0 Å². The van der Waals surface area contributed by atoms with E-state index in [1.54, 1.807) is 0 Å². The Kier molecular flexibility index (Phi) is 5.49. The average Bonchev–Trinajstić information content (AvgIpc) is 2.99. The summed E-state index contributed by atoms with van der Waals surface area (Å²) in [6.07, 6.45) is 0. The molecule has 0 atom stereocenters. The van der Waals surface area contributed by atoms with Gasteiger partial charge in [0.25, 0.3) is 5.91 Å². The number of hydrogen-bond acceptors (Lipinski definition) is 4. The molecule has 140 valence electrons. The highest BCUT2D eigenvalue weighted by molar-refractivity contribution is 7.17. The van der Waals surface area contributed by atoms with E-state index in [0.717, 1.165) is 47.3 Å². The Morgan fingerprint density at radius 3 is 2.23 bits per heavy atom. The molecule has 1 saturated heterocycles. The summed E-state index contributed by atoms with van der Waals surface area (Å²) in [5.74, 6) is 0.135. The molecule has 0 N–H and O–H groups in total. The Balaban J connectivity index is 1.83. The molecule has 4 nitrogen and oxygen atoms in total. The third kappa shape index (κ3) is 3.69. The van der Waals surface area contributed by atoms with Gasteiger partial charge in [-0.05, 0) is 64.3 Å². The molecule has 2 aromatic rings. The molecule has 3 rings (SSSR count). The summed E-state index contributed by atoms with van der Waals surface area (Å²) in [6, 6.07) is 4.93. The molecular weight excluding hydrogens is 342 g/mol. The van der Waals surface area contributed by atoms with Gasteiger partial charge in [0.05, 0.1) is 5.69 Å². The van der Waals surface area contributed by atoms with E-state index in [-0.39, 0.29) is 5.91 Å². The van der Waals surface area contributed by atoms with E-state index >= 15 is 0 Å². The third-order valence-electron chi connectivity index (χ3n) is 5.39. The van der Waals surface area contributed by atoms with Crippen LogP contribution >= 0.6 is 11.3 Å². The first-order valence-corrected chi connectivity index (χ1v) is 10.2. The number of thiazole rings is 1. The van der Waals surface area contributed by atoms with Gasteiger partial charge < -0.3 is 4.90 Å². The Bertz CT molecular complexity index is 817. The lowest BCUT2D eigenvalue weighted by Gasteiger charge is -2.36. The lowest BCUT2D eigenvalue weighted by molar-refractivity contribution is 0.0599. The number of piperazine rings is 1. The van der Waals surface area contributed by atoms with E-state index in [4.69, 9.17) is 4.98 Å². The number of aryl methyl sites for hydroxylation is 4. The SMILES string of the molecule is Cc1cc(C)c(-c2nc(C)c(C(=O)N3CCN(C(C)C)CC3)s2)cc1C. The minimum atomic E-state index is 0.135. The lowest BCUT2D eigenvalue weighted by Crippen LogP contribution is -2.50. The van der Waals surface area contributed by atoms with Gasteiger partial charge in [0, 0.05) is 37.8 Å². The van der Waals surface area contributed by atoms with Crippen LogP contribution in [0.3, 0.4) is 0 Å². The van der Waals surface area contributed by atoms with Crippen LogP contribution in [0.2, 0.25) is 0 Å². The zero-order chi connectivity index (χ0) is 19.0. The van der Waals surface area contributed by atoms with Crippen LogP contribution < -0.4 is 0 Å². The maximum absolute atomic E-state index is 13.0. The fourth-order valence-electron chi connectivity index (χ4n) is 3.49. The van der Waals surface area contributed by atoms with Crippen LogP contribution in [0.25, 0.3) is 10.6 Å². The maximum Gasteiger partial charge on any atom is 0.265 e. The Morgan fingerprint density at radius 2 is 1.62 bits per heavy atom. The highest BCUT2D eigenvalue weighted by Gasteiger charge is 2.26. The molecule has 1 aliphatic heterocycles. The first kappa shape index (κ1) is 19.1. The van der Waals surface area contributed by atoms with Gasteiger partial charge in [-0.1, -0.05) is 6.07 Å². The summed E-state index contributed by atoms with van der Waals surface area (Å²) in [6.45, 7) is 16.2. The highest BCUT2D eigenvalue weighted by atomic mass is 32.1. The fourth-order valence-corrected chi connectivity index (χ4v) is 4.60. The minimum absolute atomic E-state index is 0.135. The van der Waals surface area contributed by atoms with Crippen molar-refractivity contribution in [3.8, 4) is 10.6 Å². The summed E-state index contributed by atoms with van der Waals surface area (Å²) in [4.78, 5) is 23.0. The van der Waals surface area contributed by atoms with Crippen molar-refractivity contribution in [3.63, 3.8) is 0 Å². The zero-order valence-electron chi connectivity index (χ0n) is 16.7. The third-order valence-corrected chi connectivity index (χ3v) is 6.57. The smallest absolute Gasteiger partial charge is 0.265 e. The van der Waals surface area contributed by atoms with E-state index < -0.39 is 0 Å². The monoisotopic (exact) mass is 371 g/mol. The molecule has 0 unspecified atom stereocenters. The molecule has 26 heavy (non-hydrogen) atoms. The van der Waals surface area contributed by atoms with E-state index in [9.17, 15) is 4.79 Å². The normalized spacial score (nSPS) is 15.7. The van der Waals surface area contributed by atoms with Crippen LogP contribution in [0.15, 0.2) is 12.1 Å². The van der Waals surface area contributed by atoms with E-state index in [1.807, 2.05) is 11.8 Å². The first-order valence-electron chi connectivity index (χ1n) is 9.37. The molecule has 1 aliphatic rings. The maximum atomic E-state index is 13.0. The molecular formula is C21H29N3OS. The quantitative estimate of drug-likeness (QED) is 0.811. The summed E-state index contributed by atoms with van der Waals surface area (Å²) in [7, 11) is 0. The Morgan fingerprint density at radius 1 is 1.00 bits per heavy atom. The number of carbonyl (C=O) groups excluding carboxylic acids is 1. The van der Waals surface area contributed by atoms with Crippen LogP contribution in [0.1, 0.15) is 45.9 Å².